The highest BCUT2D eigenvalue weighted by atomic mass is 127. The van der Waals surface area contributed by atoms with Crippen LogP contribution in [0.4, 0.5) is 5.82 Å². The molecule has 4 heterocycles. The van der Waals surface area contributed by atoms with Crippen molar-refractivity contribution in [3.8, 4) is 0 Å². The molecular formula is C21H27ClIN7. The second-order valence-electron chi connectivity index (χ2n) is 7.09. The van der Waals surface area contributed by atoms with E-state index in [1.165, 1.54) is 0 Å². The van der Waals surface area contributed by atoms with E-state index in [4.69, 9.17) is 16.6 Å². The first-order valence-electron chi connectivity index (χ1n) is 10.1. The summed E-state index contributed by atoms with van der Waals surface area (Å²) in [5.74, 6) is 1.70. The standard InChI is InChI=1S/C21H26ClN7.HI/c1-2-23-21(25-11-8-16-14-28-12-4-3-7-19(28)26-16)27-17-9-13-29(15-17)20-18(22)6-5-10-24-20;/h3-7,10,12,14,17H,2,8-9,11,13,15H2,1H3,(H2,23,25,27);1H. The Morgan fingerprint density at radius 1 is 1.30 bits per heavy atom. The Bertz CT molecular complexity index is 957. The zero-order chi connectivity index (χ0) is 20.1. The van der Waals surface area contributed by atoms with E-state index in [0.717, 1.165) is 55.6 Å². The lowest BCUT2D eigenvalue weighted by Crippen LogP contribution is -2.44. The van der Waals surface area contributed by atoms with Crippen LogP contribution in [0.1, 0.15) is 19.0 Å². The van der Waals surface area contributed by atoms with Crippen molar-refractivity contribution in [2.24, 2.45) is 4.99 Å². The minimum absolute atomic E-state index is 0. The predicted molar refractivity (Wildman–Crippen MR) is 133 cm³/mol. The average Bonchev–Trinajstić information content (AvgIpc) is 3.35. The molecule has 9 heteroatoms. The topological polar surface area (TPSA) is 69.8 Å². The fourth-order valence-corrected chi connectivity index (χ4v) is 3.82. The van der Waals surface area contributed by atoms with Gasteiger partial charge in [0, 0.05) is 57.2 Å². The number of halogens is 2. The van der Waals surface area contributed by atoms with Gasteiger partial charge in [-0.05, 0) is 37.6 Å². The number of guanidine groups is 1. The molecule has 1 aliphatic rings. The third-order valence-electron chi connectivity index (χ3n) is 4.96. The zero-order valence-corrected chi connectivity index (χ0v) is 20.0. The van der Waals surface area contributed by atoms with Crippen molar-refractivity contribution in [3.63, 3.8) is 0 Å². The van der Waals surface area contributed by atoms with Gasteiger partial charge in [0.1, 0.15) is 11.5 Å². The summed E-state index contributed by atoms with van der Waals surface area (Å²) in [6.07, 6.45) is 7.69. The summed E-state index contributed by atoms with van der Waals surface area (Å²) in [5, 5.41) is 7.59. The number of aliphatic imine (C=N–C) groups is 1. The monoisotopic (exact) mass is 539 g/mol. The molecule has 0 aliphatic carbocycles. The lowest BCUT2D eigenvalue weighted by Gasteiger charge is -2.20. The Morgan fingerprint density at radius 3 is 3.00 bits per heavy atom. The lowest BCUT2D eigenvalue weighted by molar-refractivity contribution is 0.648. The molecule has 0 aromatic carbocycles. The van der Waals surface area contributed by atoms with Crippen molar-refractivity contribution in [1.82, 2.24) is 25.0 Å². The summed E-state index contributed by atoms with van der Waals surface area (Å²) in [4.78, 5) is 16.0. The third kappa shape index (κ3) is 5.54. The van der Waals surface area contributed by atoms with Crippen LogP contribution in [0.5, 0.6) is 0 Å². The molecule has 0 radical (unpaired) electrons. The van der Waals surface area contributed by atoms with Crippen LogP contribution in [-0.4, -0.2) is 52.5 Å². The van der Waals surface area contributed by atoms with Crippen LogP contribution in [0.25, 0.3) is 5.65 Å². The van der Waals surface area contributed by atoms with Crippen LogP contribution in [0.2, 0.25) is 5.02 Å². The fourth-order valence-electron chi connectivity index (χ4n) is 3.58. The molecule has 3 aromatic rings. The number of hydrogen-bond donors (Lipinski definition) is 2. The first-order chi connectivity index (χ1) is 14.2. The molecule has 4 rings (SSSR count). The second kappa shape index (κ2) is 10.8. The van der Waals surface area contributed by atoms with Gasteiger partial charge in [-0.3, -0.25) is 4.99 Å². The summed E-state index contributed by atoms with van der Waals surface area (Å²) in [7, 11) is 0. The summed E-state index contributed by atoms with van der Waals surface area (Å²) >= 11 is 6.30. The fraction of sp³-hybridized carbons (Fsp3) is 0.381. The smallest absolute Gasteiger partial charge is 0.191 e. The number of fused-ring (bicyclic) bond motifs is 1. The number of anilines is 1. The van der Waals surface area contributed by atoms with Gasteiger partial charge in [0.2, 0.25) is 0 Å². The van der Waals surface area contributed by atoms with Gasteiger partial charge in [0.15, 0.2) is 5.96 Å². The highest BCUT2D eigenvalue weighted by Gasteiger charge is 2.25. The summed E-state index contributed by atoms with van der Waals surface area (Å²) in [5.41, 5.74) is 2.02. The highest BCUT2D eigenvalue weighted by molar-refractivity contribution is 14.0. The molecule has 0 amide bonds. The van der Waals surface area contributed by atoms with Crippen molar-refractivity contribution >= 4 is 53.0 Å². The molecule has 1 unspecified atom stereocenters. The van der Waals surface area contributed by atoms with Crippen molar-refractivity contribution in [1.29, 1.82) is 0 Å². The molecule has 1 fully saturated rings. The molecule has 3 aromatic heterocycles. The number of imidazole rings is 1. The maximum atomic E-state index is 6.30. The van der Waals surface area contributed by atoms with Crippen LogP contribution in [-0.2, 0) is 6.42 Å². The van der Waals surface area contributed by atoms with Crippen LogP contribution in [0.15, 0.2) is 53.9 Å². The molecule has 160 valence electrons. The molecule has 30 heavy (non-hydrogen) atoms. The van der Waals surface area contributed by atoms with Gasteiger partial charge in [-0.2, -0.15) is 0 Å². The van der Waals surface area contributed by atoms with Crippen molar-refractivity contribution in [2.45, 2.75) is 25.8 Å². The van der Waals surface area contributed by atoms with Crippen LogP contribution >= 0.6 is 35.6 Å². The largest absolute Gasteiger partial charge is 0.357 e. The maximum Gasteiger partial charge on any atom is 0.191 e. The number of nitrogens with zero attached hydrogens (tertiary/aromatic N) is 5. The molecule has 7 nitrogen and oxygen atoms in total. The van der Waals surface area contributed by atoms with E-state index in [1.54, 1.807) is 6.20 Å². The summed E-state index contributed by atoms with van der Waals surface area (Å²) in [6.45, 7) is 5.36. The number of pyridine rings is 2. The van der Waals surface area contributed by atoms with E-state index in [-0.39, 0.29) is 24.0 Å². The first kappa shape index (κ1) is 22.6. The number of hydrogen-bond acceptors (Lipinski definition) is 4. The second-order valence-corrected chi connectivity index (χ2v) is 7.50. The van der Waals surface area contributed by atoms with Gasteiger partial charge in [0.25, 0.3) is 0 Å². The normalized spacial score (nSPS) is 16.5. The van der Waals surface area contributed by atoms with E-state index in [2.05, 4.69) is 38.6 Å². The molecule has 1 saturated heterocycles. The van der Waals surface area contributed by atoms with Gasteiger partial charge in [-0.15, -0.1) is 24.0 Å². The van der Waals surface area contributed by atoms with Crippen molar-refractivity contribution in [2.75, 3.05) is 31.1 Å². The Kier molecular flexibility index (Phi) is 8.15. The van der Waals surface area contributed by atoms with Crippen molar-refractivity contribution in [3.05, 3.63) is 59.6 Å². The minimum atomic E-state index is 0. The summed E-state index contributed by atoms with van der Waals surface area (Å²) in [6, 6.07) is 10.1. The SMILES string of the molecule is CCNC(=NCCc1cn2ccccc2n1)NC1CCN(c2ncccc2Cl)C1.I. The van der Waals surface area contributed by atoms with Gasteiger partial charge >= 0.3 is 0 Å². The van der Waals surface area contributed by atoms with E-state index in [1.807, 2.05) is 40.9 Å². The Balaban J connectivity index is 0.00000256. The Labute approximate surface area is 199 Å². The van der Waals surface area contributed by atoms with E-state index < -0.39 is 0 Å². The highest BCUT2D eigenvalue weighted by Crippen LogP contribution is 2.25. The Morgan fingerprint density at radius 2 is 2.20 bits per heavy atom. The zero-order valence-electron chi connectivity index (χ0n) is 17.0. The molecule has 0 spiro atoms. The van der Waals surface area contributed by atoms with Crippen LogP contribution in [0, 0.1) is 0 Å². The van der Waals surface area contributed by atoms with Gasteiger partial charge in [-0.25, -0.2) is 9.97 Å². The minimum Gasteiger partial charge on any atom is -0.357 e. The van der Waals surface area contributed by atoms with Gasteiger partial charge < -0.3 is 19.9 Å². The van der Waals surface area contributed by atoms with E-state index >= 15 is 0 Å². The number of aromatic nitrogens is 3. The molecule has 1 atom stereocenters. The molecule has 1 aliphatic heterocycles. The lowest BCUT2D eigenvalue weighted by atomic mass is 10.3. The molecular weight excluding hydrogens is 513 g/mol. The van der Waals surface area contributed by atoms with Crippen LogP contribution < -0.4 is 15.5 Å². The maximum absolute atomic E-state index is 6.30. The molecule has 2 N–H and O–H groups in total. The van der Waals surface area contributed by atoms with Crippen molar-refractivity contribution < 1.29 is 0 Å². The predicted octanol–water partition coefficient (Wildman–Crippen LogP) is 3.38. The van der Waals surface area contributed by atoms with Gasteiger partial charge in [0.05, 0.1) is 10.7 Å². The van der Waals surface area contributed by atoms with E-state index in [9.17, 15) is 0 Å². The number of rotatable bonds is 6. The van der Waals surface area contributed by atoms with Gasteiger partial charge in [-0.1, -0.05) is 17.7 Å². The van der Waals surface area contributed by atoms with E-state index in [0.29, 0.717) is 17.6 Å². The first-order valence-corrected chi connectivity index (χ1v) is 10.4. The average molecular weight is 540 g/mol. The number of nitrogens with one attached hydrogen (secondary N) is 2. The Hall–Kier alpha value is -2.07. The molecule has 0 bridgehead atoms. The third-order valence-corrected chi connectivity index (χ3v) is 5.26. The quantitative estimate of drug-likeness (QED) is 0.286. The summed E-state index contributed by atoms with van der Waals surface area (Å²) < 4.78 is 2.04. The van der Waals surface area contributed by atoms with Crippen LogP contribution in [0.3, 0.4) is 0 Å². The molecule has 0 saturated carbocycles.